The minimum atomic E-state index is 0.278. The van der Waals surface area contributed by atoms with Gasteiger partial charge in [0.2, 0.25) is 0 Å². The van der Waals surface area contributed by atoms with Gasteiger partial charge in [0.05, 0.1) is 6.61 Å². The molecule has 0 aliphatic carbocycles. The lowest BCUT2D eigenvalue weighted by molar-refractivity contribution is 0.00565. The summed E-state index contributed by atoms with van der Waals surface area (Å²) in [5, 5.41) is 3.72. The highest BCUT2D eigenvalue weighted by Gasteiger charge is 2.39. The van der Waals surface area contributed by atoms with Gasteiger partial charge in [-0.05, 0) is 18.8 Å². The topological polar surface area (TPSA) is 24.5 Å². The van der Waals surface area contributed by atoms with Gasteiger partial charge in [-0.2, -0.15) is 0 Å². The third kappa shape index (κ3) is 3.67. The number of methoxy groups -OCH3 is 1. The minimum Gasteiger partial charge on any atom is -0.383 e. The third-order valence-corrected chi connectivity index (χ3v) is 4.27. The molecule has 1 saturated heterocycles. The number of piperazine rings is 1. The normalized spacial score (nSPS) is 31.8. The fraction of sp³-hybridized carbons (Fsp3) is 1.00. The van der Waals surface area contributed by atoms with Crippen molar-refractivity contribution in [3.8, 4) is 0 Å². The Morgan fingerprint density at radius 1 is 1.41 bits per heavy atom. The molecule has 0 aromatic carbocycles. The first-order valence-corrected chi connectivity index (χ1v) is 6.81. The summed E-state index contributed by atoms with van der Waals surface area (Å²) >= 11 is 0. The van der Waals surface area contributed by atoms with Gasteiger partial charge in [-0.3, -0.25) is 4.90 Å². The van der Waals surface area contributed by atoms with Crippen molar-refractivity contribution in [3.63, 3.8) is 0 Å². The molecule has 0 amide bonds. The minimum absolute atomic E-state index is 0.278. The zero-order valence-electron chi connectivity index (χ0n) is 12.5. The molecule has 2 unspecified atom stereocenters. The number of rotatable bonds is 4. The van der Waals surface area contributed by atoms with Crippen LogP contribution < -0.4 is 5.32 Å². The number of hydrogen-bond donors (Lipinski definition) is 1. The molecule has 1 heterocycles. The van der Waals surface area contributed by atoms with E-state index in [0.29, 0.717) is 11.5 Å². The van der Waals surface area contributed by atoms with Crippen molar-refractivity contribution < 1.29 is 4.74 Å². The summed E-state index contributed by atoms with van der Waals surface area (Å²) in [6.07, 6.45) is 1.18. The highest BCUT2D eigenvalue weighted by Crippen LogP contribution is 2.29. The first-order valence-electron chi connectivity index (χ1n) is 6.81. The van der Waals surface area contributed by atoms with Gasteiger partial charge in [0.1, 0.15) is 0 Å². The van der Waals surface area contributed by atoms with Gasteiger partial charge in [-0.15, -0.1) is 0 Å². The van der Waals surface area contributed by atoms with Gasteiger partial charge in [0.15, 0.2) is 0 Å². The van der Waals surface area contributed by atoms with Crippen molar-refractivity contribution in [2.75, 3.05) is 33.4 Å². The molecule has 1 fully saturated rings. The molecule has 0 saturated carbocycles. The van der Waals surface area contributed by atoms with Crippen molar-refractivity contribution in [2.24, 2.45) is 5.41 Å². The van der Waals surface area contributed by atoms with Crippen LogP contribution in [0, 0.1) is 5.41 Å². The second-order valence-corrected chi connectivity index (χ2v) is 6.59. The average Bonchev–Trinajstić information content (AvgIpc) is 2.26. The smallest absolute Gasteiger partial charge is 0.0589 e. The fourth-order valence-electron chi connectivity index (χ4n) is 2.45. The van der Waals surface area contributed by atoms with E-state index in [0.717, 1.165) is 26.2 Å². The van der Waals surface area contributed by atoms with E-state index in [4.69, 9.17) is 4.74 Å². The van der Waals surface area contributed by atoms with Crippen molar-refractivity contribution in [3.05, 3.63) is 0 Å². The maximum Gasteiger partial charge on any atom is 0.0589 e. The second-order valence-electron chi connectivity index (χ2n) is 6.59. The van der Waals surface area contributed by atoms with E-state index < -0.39 is 0 Å². The second kappa shape index (κ2) is 5.68. The van der Waals surface area contributed by atoms with E-state index in [1.165, 1.54) is 6.42 Å². The van der Waals surface area contributed by atoms with Gasteiger partial charge >= 0.3 is 0 Å². The molecule has 0 aromatic rings. The lowest BCUT2D eigenvalue weighted by atomic mass is 9.81. The van der Waals surface area contributed by atoms with Crippen LogP contribution in [0.5, 0.6) is 0 Å². The van der Waals surface area contributed by atoms with Gasteiger partial charge in [0.25, 0.3) is 0 Å². The number of nitrogens with zero attached hydrogens (tertiary/aromatic N) is 1. The standard InChI is InChI=1S/C14H30N2O/c1-7-14(5)11-15-12(13(2,3)4)10-16(14)8-9-17-6/h12,15H,7-11H2,1-6H3. The van der Waals surface area contributed by atoms with Crippen LogP contribution in [-0.4, -0.2) is 49.8 Å². The lowest BCUT2D eigenvalue weighted by Gasteiger charge is -2.51. The van der Waals surface area contributed by atoms with Crippen LogP contribution in [-0.2, 0) is 4.74 Å². The van der Waals surface area contributed by atoms with Crippen LogP contribution in [0.15, 0.2) is 0 Å². The fourth-order valence-corrected chi connectivity index (χ4v) is 2.45. The van der Waals surface area contributed by atoms with Crippen LogP contribution in [0.3, 0.4) is 0 Å². The number of nitrogens with one attached hydrogen (secondary N) is 1. The van der Waals surface area contributed by atoms with E-state index in [1.807, 2.05) is 0 Å². The Morgan fingerprint density at radius 2 is 2.06 bits per heavy atom. The highest BCUT2D eigenvalue weighted by atomic mass is 16.5. The first-order chi connectivity index (χ1) is 7.83. The summed E-state index contributed by atoms with van der Waals surface area (Å²) in [7, 11) is 1.78. The molecule has 3 nitrogen and oxygen atoms in total. The highest BCUT2D eigenvalue weighted by molar-refractivity contribution is 4.98. The summed E-state index contributed by atoms with van der Waals surface area (Å²) in [5.74, 6) is 0. The predicted octanol–water partition coefficient (Wildman–Crippen LogP) is 2.12. The van der Waals surface area contributed by atoms with Crippen molar-refractivity contribution >= 4 is 0 Å². The van der Waals surface area contributed by atoms with Gasteiger partial charge in [-0.25, -0.2) is 0 Å². The molecule has 2 atom stereocenters. The molecule has 1 N–H and O–H groups in total. The molecule has 1 rings (SSSR count). The number of hydrogen-bond acceptors (Lipinski definition) is 3. The molecule has 0 radical (unpaired) electrons. The van der Waals surface area contributed by atoms with Crippen molar-refractivity contribution in [1.82, 2.24) is 10.2 Å². The Kier molecular flexibility index (Phi) is 4.99. The Balaban J connectivity index is 2.70. The largest absolute Gasteiger partial charge is 0.383 e. The molecule has 0 bridgehead atoms. The quantitative estimate of drug-likeness (QED) is 0.817. The summed E-state index contributed by atoms with van der Waals surface area (Å²) in [6.45, 7) is 15.6. The first kappa shape index (κ1) is 14.9. The third-order valence-electron chi connectivity index (χ3n) is 4.27. The van der Waals surface area contributed by atoms with Crippen LogP contribution >= 0.6 is 0 Å². The average molecular weight is 242 g/mol. The van der Waals surface area contributed by atoms with Crippen LogP contribution in [0.1, 0.15) is 41.0 Å². The molecule has 1 aliphatic heterocycles. The zero-order valence-corrected chi connectivity index (χ0v) is 12.5. The molecular formula is C14H30N2O. The molecule has 0 aromatic heterocycles. The molecule has 102 valence electrons. The molecule has 0 spiro atoms. The van der Waals surface area contributed by atoms with Crippen LogP contribution in [0.2, 0.25) is 0 Å². The monoisotopic (exact) mass is 242 g/mol. The Labute approximate surface area is 107 Å². The van der Waals surface area contributed by atoms with Crippen LogP contribution in [0.4, 0.5) is 0 Å². The number of ether oxygens (including phenoxy) is 1. The molecule has 17 heavy (non-hydrogen) atoms. The zero-order chi connectivity index (χ0) is 13.1. The Hall–Kier alpha value is -0.120. The SMILES string of the molecule is CCC1(C)CNC(C(C)(C)C)CN1CCOC. The van der Waals surface area contributed by atoms with E-state index in [1.54, 1.807) is 7.11 Å². The maximum atomic E-state index is 5.24. The van der Waals surface area contributed by atoms with Crippen molar-refractivity contribution in [1.29, 1.82) is 0 Å². The van der Waals surface area contributed by atoms with E-state index in [-0.39, 0.29) is 5.54 Å². The predicted molar refractivity (Wildman–Crippen MR) is 73.4 cm³/mol. The Morgan fingerprint density at radius 3 is 2.53 bits per heavy atom. The van der Waals surface area contributed by atoms with E-state index >= 15 is 0 Å². The van der Waals surface area contributed by atoms with Gasteiger partial charge in [0, 0.05) is 38.3 Å². The van der Waals surface area contributed by atoms with E-state index in [2.05, 4.69) is 44.8 Å². The Bertz CT molecular complexity index is 237. The van der Waals surface area contributed by atoms with E-state index in [9.17, 15) is 0 Å². The molecular weight excluding hydrogens is 212 g/mol. The summed E-state index contributed by atoms with van der Waals surface area (Å²) in [5.41, 5.74) is 0.598. The summed E-state index contributed by atoms with van der Waals surface area (Å²) in [6, 6.07) is 0.569. The molecule has 3 heteroatoms. The van der Waals surface area contributed by atoms with Crippen LogP contribution in [0.25, 0.3) is 0 Å². The molecule has 1 aliphatic rings. The van der Waals surface area contributed by atoms with Gasteiger partial charge in [-0.1, -0.05) is 27.7 Å². The maximum absolute atomic E-state index is 5.24. The van der Waals surface area contributed by atoms with Crippen molar-refractivity contribution in [2.45, 2.75) is 52.6 Å². The lowest BCUT2D eigenvalue weighted by Crippen LogP contribution is -2.66. The van der Waals surface area contributed by atoms with Gasteiger partial charge < -0.3 is 10.1 Å². The summed E-state index contributed by atoms with van der Waals surface area (Å²) < 4.78 is 5.24. The summed E-state index contributed by atoms with van der Waals surface area (Å²) in [4.78, 5) is 2.60.